The molecule has 0 bridgehead atoms. The van der Waals surface area contributed by atoms with Gasteiger partial charge in [0.2, 0.25) is 0 Å². The molecule has 1 aromatic heterocycles. The summed E-state index contributed by atoms with van der Waals surface area (Å²) < 4.78 is 7.43. The maximum absolute atomic E-state index is 5.43. The van der Waals surface area contributed by atoms with Crippen LogP contribution in [0.4, 0.5) is 5.69 Å². The van der Waals surface area contributed by atoms with Crippen LogP contribution in [0.3, 0.4) is 0 Å². The number of hydrogen-bond donors (Lipinski definition) is 1. The summed E-state index contributed by atoms with van der Waals surface area (Å²) in [6.45, 7) is 9.17. The van der Waals surface area contributed by atoms with Crippen LogP contribution in [0.15, 0.2) is 29.3 Å². The number of nitrogens with zero attached hydrogens (tertiary/aromatic N) is 6. The summed E-state index contributed by atoms with van der Waals surface area (Å²) in [5.41, 5.74) is 2.63. The minimum Gasteiger partial charge on any atom is -0.379 e. The first-order valence-electron chi connectivity index (χ1n) is 10.5. The van der Waals surface area contributed by atoms with Gasteiger partial charge in [-0.25, -0.2) is 4.99 Å². The highest BCUT2D eigenvalue weighted by molar-refractivity contribution is 5.97. The van der Waals surface area contributed by atoms with Crippen LogP contribution in [0, 0.1) is 6.92 Å². The van der Waals surface area contributed by atoms with Crippen LogP contribution in [0.2, 0.25) is 0 Å². The Morgan fingerprint density at radius 2 is 2.00 bits per heavy atom. The van der Waals surface area contributed by atoms with Gasteiger partial charge in [0.1, 0.15) is 12.4 Å². The molecule has 3 heterocycles. The number of aliphatic imine (C=N–C) groups is 1. The first-order chi connectivity index (χ1) is 14.2. The standard InChI is InChI=1S/C21H31N7O/c1-17-24-25-20(26(17)2)16-23-21(22-9-5-10-27-12-14-29-15-13-27)28-11-8-18-6-3-4-7-19(18)28/h3-4,6-7H,5,8-16H2,1-2H3,(H,22,23). The van der Waals surface area contributed by atoms with Gasteiger partial charge in [-0.2, -0.15) is 0 Å². The van der Waals surface area contributed by atoms with E-state index in [0.29, 0.717) is 6.54 Å². The Morgan fingerprint density at radius 1 is 1.17 bits per heavy atom. The van der Waals surface area contributed by atoms with Crippen LogP contribution in [-0.2, 0) is 24.8 Å². The Kier molecular flexibility index (Phi) is 6.41. The van der Waals surface area contributed by atoms with Gasteiger partial charge >= 0.3 is 0 Å². The van der Waals surface area contributed by atoms with Crippen molar-refractivity contribution in [3.8, 4) is 0 Å². The molecular weight excluding hydrogens is 366 g/mol. The van der Waals surface area contributed by atoms with Crippen molar-refractivity contribution >= 4 is 11.6 Å². The van der Waals surface area contributed by atoms with E-state index in [4.69, 9.17) is 9.73 Å². The number of ether oxygens (including phenoxy) is 1. The van der Waals surface area contributed by atoms with E-state index < -0.39 is 0 Å². The Hall–Kier alpha value is -2.45. The van der Waals surface area contributed by atoms with E-state index in [-0.39, 0.29) is 0 Å². The summed E-state index contributed by atoms with van der Waals surface area (Å²) in [7, 11) is 1.99. The average Bonchev–Trinajstić information content (AvgIpc) is 3.32. The number of aromatic nitrogens is 3. The number of guanidine groups is 1. The SMILES string of the molecule is Cc1nnc(CN=C(NCCCN2CCOCC2)N2CCc3ccccc32)n1C. The van der Waals surface area contributed by atoms with Crippen LogP contribution in [-0.4, -0.2) is 71.6 Å². The summed E-state index contributed by atoms with van der Waals surface area (Å²) >= 11 is 0. The molecule has 8 nitrogen and oxygen atoms in total. The summed E-state index contributed by atoms with van der Waals surface area (Å²) in [6, 6.07) is 8.59. The molecule has 0 radical (unpaired) electrons. The Balaban J connectivity index is 1.42. The van der Waals surface area contributed by atoms with Gasteiger partial charge < -0.3 is 19.5 Å². The highest BCUT2D eigenvalue weighted by Gasteiger charge is 2.23. The summed E-state index contributed by atoms with van der Waals surface area (Å²) in [6.07, 6.45) is 2.13. The lowest BCUT2D eigenvalue weighted by atomic mass is 10.2. The van der Waals surface area contributed by atoms with Crippen molar-refractivity contribution in [3.05, 3.63) is 41.5 Å². The number of fused-ring (bicyclic) bond motifs is 1. The van der Waals surface area contributed by atoms with E-state index in [1.54, 1.807) is 0 Å². The molecule has 2 aliphatic rings. The van der Waals surface area contributed by atoms with Gasteiger partial charge in [-0.05, 0) is 37.9 Å². The molecule has 29 heavy (non-hydrogen) atoms. The molecule has 0 saturated carbocycles. The van der Waals surface area contributed by atoms with Crippen molar-refractivity contribution in [2.75, 3.05) is 50.8 Å². The molecule has 0 spiro atoms. The predicted molar refractivity (Wildman–Crippen MR) is 114 cm³/mol. The number of aryl methyl sites for hydroxylation is 1. The Bertz CT molecular complexity index is 841. The normalized spacial score (nSPS) is 17.6. The van der Waals surface area contributed by atoms with E-state index in [1.807, 2.05) is 18.5 Å². The lowest BCUT2D eigenvalue weighted by Crippen LogP contribution is -2.42. The molecule has 4 rings (SSSR count). The Morgan fingerprint density at radius 3 is 2.79 bits per heavy atom. The maximum Gasteiger partial charge on any atom is 0.198 e. The lowest BCUT2D eigenvalue weighted by Gasteiger charge is -2.27. The van der Waals surface area contributed by atoms with Gasteiger partial charge in [-0.3, -0.25) is 4.90 Å². The van der Waals surface area contributed by atoms with Crippen molar-refractivity contribution < 1.29 is 4.74 Å². The second kappa shape index (κ2) is 9.37. The smallest absolute Gasteiger partial charge is 0.198 e. The van der Waals surface area contributed by atoms with Crippen molar-refractivity contribution in [3.63, 3.8) is 0 Å². The van der Waals surface area contributed by atoms with Crippen LogP contribution >= 0.6 is 0 Å². The number of benzene rings is 1. The Labute approximate surface area is 172 Å². The lowest BCUT2D eigenvalue weighted by molar-refractivity contribution is 0.0376. The molecular formula is C21H31N7O. The van der Waals surface area contributed by atoms with E-state index in [9.17, 15) is 0 Å². The zero-order valence-corrected chi connectivity index (χ0v) is 17.5. The first kappa shape index (κ1) is 19.8. The third kappa shape index (κ3) is 4.76. The molecule has 156 valence electrons. The fourth-order valence-corrected chi connectivity index (χ4v) is 3.86. The molecule has 2 aromatic rings. The van der Waals surface area contributed by atoms with E-state index in [1.165, 1.54) is 11.3 Å². The molecule has 2 aliphatic heterocycles. The second-order valence-corrected chi connectivity index (χ2v) is 7.63. The van der Waals surface area contributed by atoms with Crippen molar-refractivity contribution in [1.82, 2.24) is 25.0 Å². The molecule has 0 aliphatic carbocycles. The van der Waals surface area contributed by atoms with Crippen LogP contribution in [0.25, 0.3) is 0 Å². The number of hydrogen-bond acceptors (Lipinski definition) is 5. The van der Waals surface area contributed by atoms with Gasteiger partial charge in [-0.1, -0.05) is 18.2 Å². The monoisotopic (exact) mass is 397 g/mol. The van der Waals surface area contributed by atoms with Crippen LogP contribution in [0.5, 0.6) is 0 Å². The average molecular weight is 398 g/mol. The summed E-state index contributed by atoms with van der Waals surface area (Å²) in [4.78, 5) is 9.67. The third-order valence-electron chi connectivity index (χ3n) is 5.73. The van der Waals surface area contributed by atoms with Gasteiger partial charge in [0.05, 0.1) is 13.2 Å². The van der Waals surface area contributed by atoms with E-state index in [0.717, 1.165) is 76.4 Å². The van der Waals surface area contributed by atoms with Gasteiger partial charge in [-0.15, -0.1) is 10.2 Å². The molecule has 0 amide bonds. The molecule has 0 atom stereocenters. The largest absolute Gasteiger partial charge is 0.379 e. The molecule has 1 aromatic carbocycles. The zero-order chi connectivity index (χ0) is 20.1. The van der Waals surface area contributed by atoms with E-state index >= 15 is 0 Å². The number of morpholine rings is 1. The van der Waals surface area contributed by atoms with Crippen LogP contribution in [0.1, 0.15) is 23.6 Å². The summed E-state index contributed by atoms with van der Waals surface area (Å²) in [5, 5.41) is 12.0. The highest BCUT2D eigenvalue weighted by atomic mass is 16.5. The van der Waals surface area contributed by atoms with Crippen molar-refractivity contribution in [2.24, 2.45) is 12.0 Å². The summed E-state index contributed by atoms with van der Waals surface area (Å²) in [5.74, 6) is 2.71. The minimum absolute atomic E-state index is 0.516. The second-order valence-electron chi connectivity index (χ2n) is 7.63. The van der Waals surface area contributed by atoms with Crippen molar-refractivity contribution in [2.45, 2.75) is 26.3 Å². The molecule has 8 heteroatoms. The van der Waals surface area contributed by atoms with E-state index in [2.05, 4.69) is 49.6 Å². The topological polar surface area (TPSA) is 70.8 Å². The minimum atomic E-state index is 0.516. The molecule has 1 N–H and O–H groups in total. The quantitative estimate of drug-likeness (QED) is 0.451. The third-order valence-corrected chi connectivity index (χ3v) is 5.73. The molecule has 1 fully saturated rings. The number of rotatable bonds is 6. The van der Waals surface area contributed by atoms with Gasteiger partial charge in [0.25, 0.3) is 0 Å². The first-order valence-corrected chi connectivity index (χ1v) is 10.5. The molecule has 1 saturated heterocycles. The number of nitrogens with one attached hydrogen (secondary N) is 1. The maximum atomic E-state index is 5.43. The van der Waals surface area contributed by atoms with Gasteiger partial charge in [0.15, 0.2) is 11.8 Å². The van der Waals surface area contributed by atoms with Gasteiger partial charge in [0, 0.05) is 38.9 Å². The molecule has 0 unspecified atom stereocenters. The van der Waals surface area contributed by atoms with Crippen molar-refractivity contribution in [1.29, 1.82) is 0 Å². The zero-order valence-electron chi connectivity index (χ0n) is 17.5. The fourth-order valence-electron chi connectivity index (χ4n) is 3.86. The number of para-hydroxylation sites is 1. The number of anilines is 1. The predicted octanol–water partition coefficient (Wildman–Crippen LogP) is 1.35. The fraction of sp³-hybridized carbons (Fsp3) is 0.571. The van der Waals surface area contributed by atoms with Crippen LogP contribution < -0.4 is 10.2 Å². The highest BCUT2D eigenvalue weighted by Crippen LogP contribution is 2.27.